The summed E-state index contributed by atoms with van der Waals surface area (Å²) in [5.41, 5.74) is 0. The van der Waals surface area contributed by atoms with Gasteiger partial charge < -0.3 is 9.73 Å². The quantitative estimate of drug-likeness (QED) is 0.886. The van der Waals surface area contributed by atoms with Crippen LogP contribution in [0, 0.1) is 0 Å². The van der Waals surface area contributed by atoms with Gasteiger partial charge in [-0.15, -0.1) is 0 Å². The van der Waals surface area contributed by atoms with Gasteiger partial charge in [0.25, 0.3) is 0 Å². The predicted octanol–water partition coefficient (Wildman–Crippen LogP) is 2.51. The van der Waals surface area contributed by atoms with Crippen molar-refractivity contribution in [3.63, 3.8) is 0 Å². The molecule has 2 aliphatic heterocycles. The monoisotopic (exact) mass is 266 g/mol. The number of hydrogen-bond donors (Lipinski definition) is 1. The van der Waals surface area contributed by atoms with Crippen molar-refractivity contribution >= 4 is 11.8 Å². The molecule has 0 radical (unpaired) electrons. The minimum absolute atomic E-state index is 0.424. The van der Waals surface area contributed by atoms with Crippen molar-refractivity contribution in [2.75, 3.05) is 31.1 Å². The van der Waals surface area contributed by atoms with Crippen molar-refractivity contribution < 1.29 is 4.42 Å². The summed E-state index contributed by atoms with van der Waals surface area (Å²) in [4.78, 5) is 2.56. The second kappa shape index (κ2) is 6.13. The van der Waals surface area contributed by atoms with Crippen LogP contribution in [0.5, 0.6) is 0 Å². The molecule has 0 saturated carbocycles. The van der Waals surface area contributed by atoms with Crippen LogP contribution in [0.15, 0.2) is 22.8 Å². The third kappa shape index (κ3) is 2.92. The summed E-state index contributed by atoms with van der Waals surface area (Å²) in [5.74, 6) is 3.70. The maximum absolute atomic E-state index is 5.64. The highest BCUT2D eigenvalue weighted by molar-refractivity contribution is 7.99. The van der Waals surface area contributed by atoms with Gasteiger partial charge >= 0.3 is 0 Å². The van der Waals surface area contributed by atoms with Gasteiger partial charge in [-0.25, -0.2) is 0 Å². The standard InChI is InChI=1S/C14H22N2OS/c1-2-7-16(6-1)13(14-4-3-8-17-14)10-15-12-5-9-18-11-12/h3-4,8,12-13,15H,1-2,5-7,9-11H2. The lowest BCUT2D eigenvalue weighted by atomic mass is 10.1. The van der Waals surface area contributed by atoms with E-state index in [1.807, 2.05) is 6.07 Å². The molecule has 2 saturated heterocycles. The molecule has 0 aliphatic carbocycles. The van der Waals surface area contributed by atoms with Gasteiger partial charge in [0.2, 0.25) is 0 Å². The molecule has 0 spiro atoms. The van der Waals surface area contributed by atoms with Crippen LogP contribution in [-0.4, -0.2) is 42.1 Å². The van der Waals surface area contributed by atoms with Crippen LogP contribution in [0.2, 0.25) is 0 Å². The topological polar surface area (TPSA) is 28.4 Å². The van der Waals surface area contributed by atoms with Gasteiger partial charge in [-0.3, -0.25) is 4.90 Å². The van der Waals surface area contributed by atoms with Gasteiger partial charge in [0.05, 0.1) is 12.3 Å². The van der Waals surface area contributed by atoms with E-state index in [0.717, 1.165) is 12.3 Å². The second-order valence-electron chi connectivity index (χ2n) is 5.24. The Kier molecular flexibility index (Phi) is 4.28. The lowest BCUT2D eigenvalue weighted by Crippen LogP contribution is -2.38. The number of furan rings is 1. The van der Waals surface area contributed by atoms with E-state index in [1.165, 1.54) is 43.9 Å². The highest BCUT2D eigenvalue weighted by Gasteiger charge is 2.26. The molecule has 2 atom stereocenters. The molecule has 2 fully saturated rings. The molecule has 1 N–H and O–H groups in total. The van der Waals surface area contributed by atoms with Crippen LogP contribution >= 0.6 is 11.8 Å². The van der Waals surface area contributed by atoms with Crippen molar-refractivity contribution in [3.8, 4) is 0 Å². The Morgan fingerprint density at radius 2 is 2.33 bits per heavy atom. The Morgan fingerprint density at radius 3 is 3.00 bits per heavy atom. The van der Waals surface area contributed by atoms with Crippen LogP contribution in [0.1, 0.15) is 31.1 Å². The number of likely N-dealkylation sites (tertiary alicyclic amines) is 1. The molecule has 2 aliphatic rings. The summed E-state index contributed by atoms with van der Waals surface area (Å²) in [6.45, 7) is 3.46. The Labute approximate surface area is 113 Å². The highest BCUT2D eigenvalue weighted by Crippen LogP contribution is 2.26. The summed E-state index contributed by atoms with van der Waals surface area (Å²) in [6.07, 6.45) is 5.77. The molecule has 3 heterocycles. The molecule has 18 heavy (non-hydrogen) atoms. The van der Waals surface area contributed by atoms with Gasteiger partial charge in [0.15, 0.2) is 0 Å². The summed E-state index contributed by atoms with van der Waals surface area (Å²) in [7, 11) is 0. The Hall–Kier alpha value is -0.450. The number of nitrogens with zero attached hydrogens (tertiary/aromatic N) is 1. The van der Waals surface area contributed by atoms with Crippen molar-refractivity contribution in [1.29, 1.82) is 0 Å². The molecular formula is C14H22N2OS. The van der Waals surface area contributed by atoms with E-state index in [9.17, 15) is 0 Å². The molecule has 100 valence electrons. The molecule has 1 aromatic heterocycles. The first-order valence-corrected chi connectivity index (χ1v) is 8.17. The molecule has 2 unspecified atom stereocenters. The second-order valence-corrected chi connectivity index (χ2v) is 6.39. The zero-order chi connectivity index (χ0) is 12.2. The number of rotatable bonds is 5. The third-order valence-corrected chi connectivity index (χ3v) is 5.15. The number of nitrogens with one attached hydrogen (secondary N) is 1. The van der Waals surface area contributed by atoms with E-state index >= 15 is 0 Å². The molecule has 3 nitrogen and oxygen atoms in total. The first kappa shape index (κ1) is 12.6. The SMILES string of the molecule is c1coc(C(CNC2CCSC2)N2CCCC2)c1. The van der Waals surface area contributed by atoms with Crippen LogP contribution in [0.3, 0.4) is 0 Å². The van der Waals surface area contributed by atoms with Gasteiger partial charge in [-0.1, -0.05) is 0 Å². The zero-order valence-electron chi connectivity index (χ0n) is 10.8. The molecule has 4 heteroatoms. The van der Waals surface area contributed by atoms with Gasteiger partial charge in [-0.05, 0) is 50.2 Å². The van der Waals surface area contributed by atoms with Crippen LogP contribution in [0.25, 0.3) is 0 Å². The lowest BCUT2D eigenvalue weighted by molar-refractivity contribution is 0.206. The van der Waals surface area contributed by atoms with E-state index < -0.39 is 0 Å². The van der Waals surface area contributed by atoms with Crippen molar-refractivity contribution in [3.05, 3.63) is 24.2 Å². The third-order valence-electron chi connectivity index (χ3n) is 3.98. The Balaban J connectivity index is 1.61. The van der Waals surface area contributed by atoms with Gasteiger partial charge in [0.1, 0.15) is 5.76 Å². The summed E-state index contributed by atoms with van der Waals surface area (Å²) >= 11 is 2.06. The molecule has 3 rings (SSSR count). The van der Waals surface area contributed by atoms with Gasteiger partial charge in [0, 0.05) is 18.3 Å². The molecule has 0 aromatic carbocycles. The summed E-state index contributed by atoms with van der Waals surface area (Å²) < 4.78 is 5.64. The lowest BCUT2D eigenvalue weighted by Gasteiger charge is -2.27. The predicted molar refractivity (Wildman–Crippen MR) is 76.0 cm³/mol. The van der Waals surface area contributed by atoms with Crippen molar-refractivity contribution in [1.82, 2.24) is 10.2 Å². The zero-order valence-corrected chi connectivity index (χ0v) is 11.6. The smallest absolute Gasteiger partial charge is 0.122 e. The number of thioether (sulfide) groups is 1. The minimum atomic E-state index is 0.424. The van der Waals surface area contributed by atoms with Crippen molar-refractivity contribution in [2.24, 2.45) is 0 Å². The maximum atomic E-state index is 5.64. The maximum Gasteiger partial charge on any atom is 0.122 e. The molecule has 1 aromatic rings. The van der Waals surface area contributed by atoms with Crippen molar-refractivity contribution in [2.45, 2.75) is 31.3 Å². The summed E-state index contributed by atoms with van der Waals surface area (Å²) in [5, 5.41) is 3.72. The fourth-order valence-electron chi connectivity index (χ4n) is 2.92. The highest BCUT2D eigenvalue weighted by atomic mass is 32.2. The van der Waals surface area contributed by atoms with E-state index in [-0.39, 0.29) is 0 Å². The Bertz CT molecular complexity index is 343. The first-order valence-electron chi connectivity index (χ1n) is 7.02. The van der Waals surface area contributed by atoms with Crippen LogP contribution in [0.4, 0.5) is 0 Å². The number of hydrogen-bond acceptors (Lipinski definition) is 4. The normalized spacial score (nSPS) is 26.8. The average molecular weight is 266 g/mol. The molecular weight excluding hydrogens is 244 g/mol. The van der Waals surface area contributed by atoms with E-state index in [1.54, 1.807) is 6.26 Å². The first-order chi connectivity index (χ1) is 8.93. The molecule has 0 bridgehead atoms. The van der Waals surface area contributed by atoms with Gasteiger partial charge in [-0.2, -0.15) is 11.8 Å². The summed E-state index contributed by atoms with van der Waals surface area (Å²) in [6, 6.07) is 5.25. The molecule has 0 amide bonds. The van der Waals surface area contributed by atoms with Crippen LogP contribution in [-0.2, 0) is 0 Å². The fourth-order valence-corrected chi connectivity index (χ4v) is 4.10. The largest absolute Gasteiger partial charge is 0.468 e. The van der Waals surface area contributed by atoms with E-state index in [4.69, 9.17) is 4.42 Å². The van der Waals surface area contributed by atoms with E-state index in [0.29, 0.717) is 12.1 Å². The Morgan fingerprint density at radius 1 is 1.44 bits per heavy atom. The van der Waals surface area contributed by atoms with Crippen LogP contribution < -0.4 is 5.32 Å². The minimum Gasteiger partial charge on any atom is -0.468 e. The average Bonchev–Trinajstić information content (AvgIpc) is 3.14. The fraction of sp³-hybridized carbons (Fsp3) is 0.714. The van der Waals surface area contributed by atoms with E-state index in [2.05, 4.69) is 28.0 Å².